The Bertz CT molecular complexity index is 804. The molecule has 8 heteroatoms. The molecule has 1 fully saturated rings. The third-order valence-electron chi connectivity index (χ3n) is 4.49. The smallest absolute Gasteiger partial charge is 0.490 e. The Hall–Kier alpha value is -2.19. The van der Waals surface area contributed by atoms with Gasteiger partial charge >= 0.3 is 12.1 Å². The number of carboxylic acid groups (broad SMARTS) is 1. The summed E-state index contributed by atoms with van der Waals surface area (Å²) in [5.74, 6) is -1.17. The molecule has 0 unspecified atom stereocenters. The van der Waals surface area contributed by atoms with Crippen molar-refractivity contribution in [1.29, 1.82) is 0 Å². The summed E-state index contributed by atoms with van der Waals surface area (Å²) in [6, 6.07) is 15.3. The molecule has 0 aromatic heterocycles. The molecule has 2 N–H and O–H groups in total. The third kappa shape index (κ3) is 7.29. The molecular formula is C21H24F3NO3S. The van der Waals surface area contributed by atoms with Gasteiger partial charge in [0.15, 0.2) is 0 Å². The van der Waals surface area contributed by atoms with E-state index < -0.39 is 12.1 Å². The van der Waals surface area contributed by atoms with Crippen molar-refractivity contribution in [3.05, 3.63) is 53.6 Å². The molecule has 2 aromatic rings. The lowest BCUT2D eigenvalue weighted by molar-refractivity contribution is -0.192. The Morgan fingerprint density at radius 3 is 2.24 bits per heavy atom. The van der Waals surface area contributed by atoms with E-state index in [1.54, 1.807) is 7.11 Å². The molecule has 158 valence electrons. The van der Waals surface area contributed by atoms with Crippen molar-refractivity contribution in [2.24, 2.45) is 0 Å². The number of methoxy groups -OCH3 is 1. The van der Waals surface area contributed by atoms with Crippen molar-refractivity contribution in [3.63, 3.8) is 0 Å². The molecule has 0 radical (unpaired) electrons. The van der Waals surface area contributed by atoms with Crippen LogP contribution in [-0.2, 0) is 4.79 Å². The van der Waals surface area contributed by atoms with Gasteiger partial charge in [0.25, 0.3) is 0 Å². The van der Waals surface area contributed by atoms with Crippen LogP contribution in [0.3, 0.4) is 0 Å². The molecule has 3 rings (SSSR count). The Balaban J connectivity index is 0.000000370. The lowest BCUT2D eigenvalue weighted by Crippen LogP contribution is -2.26. The summed E-state index contributed by atoms with van der Waals surface area (Å²) in [5.41, 5.74) is 2.74. The van der Waals surface area contributed by atoms with E-state index in [1.807, 2.05) is 11.8 Å². The van der Waals surface area contributed by atoms with E-state index in [4.69, 9.17) is 14.6 Å². The molecule has 0 spiro atoms. The summed E-state index contributed by atoms with van der Waals surface area (Å²) >= 11 is 1.86. The fraction of sp³-hybridized carbons (Fsp3) is 0.381. The lowest BCUT2D eigenvalue weighted by Gasteiger charge is -2.25. The third-order valence-corrected chi connectivity index (χ3v) is 5.59. The molecule has 1 aliphatic rings. The van der Waals surface area contributed by atoms with Crippen molar-refractivity contribution in [2.75, 3.05) is 20.2 Å². The zero-order valence-corrected chi connectivity index (χ0v) is 17.1. The molecule has 2 aromatic carbocycles. The van der Waals surface area contributed by atoms with Crippen LogP contribution in [0.5, 0.6) is 5.75 Å². The second kappa shape index (κ2) is 10.5. The van der Waals surface area contributed by atoms with Crippen LogP contribution in [0.2, 0.25) is 0 Å². The molecule has 0 aliphatic carbocycles. The first kappa shape index (κ1) is 23.1. The molecular weight excluding hydrogens is 403 g/mol. The number of piperidine rings is 1. The number of benzene rings is 2. The molecule has 29 heavy (non-hydrogen) atoms. The van der Waals surface area contributed by atoms with Crippen molar-refractivity contribution in [2.45, 2.75) is 41.7 Å². The van der Waals surface area contributed by atoms with Crippen molar-refractivity contribution in [3.8, 4) is 5.75 Å². The molecule has 1 saturated heterocycles. The highest BCUT2D eigenvalue weighted by atomic mass is 32.2. The van der Waals surface area contributed by atoms with Gasteiger partial charge in [0.05, 0.1) is 7.11 Å². The largest absolute Gasteiger partial charge is 0.497 e. The summed E-state index contributed by atoms with van der Waals surface area (Å²) in [7, 11) is 1.74. The Kier molecular flexibility index (Phi) is 8.40. The van der Waals surface area contributed by atoms with Gasteiger partial charge in [-0.2, -0.15) is 13.2 Å². The van der Waals surface area contributed by atoms with E-state index in [0.717, 1.165) is 18.8 Å². The predicted octanol–water partition coefficient (Wildman–Crippen LogP) is 5.26. The van der Waals surface area contributed by atoms with Crippen LogP contribution in [0, 0.1) is 6.92 Å². The quantitative estimate of drug-likeness (QED) is 0.698. The molecule has 1 heterocycles. The first-order valence-electron chi connectivity index (χ1n) is 9.14. The molecule has 0 atom stereocenters. The van der Waals surface area contributed by atoms with Crippen LogP contribution in [0.1, 0.15) is 29.9 Å². The maximum Gasteiger partial charge on any atom is 0.490 e. The Morgan fingerprint density at radius 1 is 1.14 bits per heavy atom. The molecule has 4 nitrogen and oxygen atoms in total. The highest BCUT2D eigenvalue weighted by molar-refractivity contribution is 7.99. The van der Waals surface area contributed by atoms with Gasteiger partial charge in [0.1, 0.15) is 5.75 Å². The summed E-state index contributed by atoms with van der Waals surface area (Å²) in [6.45, 7) is 4.34. The fourth-order valence-corrected chi connectivity index (χ4v) is 3.94. The van der Waals surface area contributed by atoms with E-state index in [0.29, 0.717) is 5.92 Å². The maximum atomic E-state index is 10.6. The highest BCUT2D eigenvalue weighted by Crippen LogP contribution is 2.39. The predicted molar refractivity (Wildman–Crippen MR) is 107 cm³/mol. The minimum atomic E-state index is -5.08. The first-order chi connectivity index (χ1) is 13.7. The monoisotopic (exact) mass is 427 g/mol. The number of carboxylic acids is 1. The van der Waals surface area contributed by atoms with Gasteiger partial charge in [-0.15, -0.1) is 0 Å². The van der Waals surface area contributed by atoms with E-state index in [9.17, 15) is 13.2 Å². The van der Waals surface area contributed by atoms with Crippen LogP contribution in [-0.4, -0.2) is 37.5 Å². The van der Waals surface area contributed by atoms with Gasteiger partial charge in [0.2, 0.25) is 0 Å². The van der Waals surface area contributed by atoms with Crippen molar-refractivity contribution in [1.82, 2.24) is 5.32 Å². The Labute approximate surface area is 172 Å². The molecule has 0 bridgehead atoms. The summed E-state index contributed by atoms with van der Waals surface area (Å²) in [6.07, 6.45) is -2.68. The maximum absolute atomic E-state index is 10.6. The number of alkyl halides is 3. The standard InChI is InChI=1S/C19H23NOS.C2HF3O2/c1-14-3-6-17(7-4-14)22-19-8-5-16(21-2)13-18(19)15-9-11-20-12-10-15;3-2(4,5)1(6)7/h3-8,13,15,20H,9-12H2,1-2H3;(H,6,7). The van der Waals surface area contributed by atoms with E-state index >= 15 is 0 Å². The number of carbonyl (C=O) groups is 1. The zero-order chi connectivity index (χ0) is 21.4. The van der Waals surface area contributed by atoms with Crippen LogP contribution in [0.4, 0.5) is 13.2 Å². The highest BCUT2D eigenvalue weighted by Gasteiger charge is 2.38. The second-order valence-electron chi connectivity index (χ2n) is 6.65. The summed E-state index contributed by atoms with van der Waals surface area (Å²) < 4.78 is 37.2. The van der Waals surface area contributed by atoms with Gasteiger partial charge in [-0.05, 0) is 74.7 Å². The first-order valence-corrected chi connectivity index (χ1v) is 9.95. The number of aliphatic carboxylic acids is 1. The van der Waals surface area contributed by atoms with Crippen LogP contribution in [0.15, 0.2) is 52.3 Å². The van der Waals surface area contributed by atoms with Crippen LogP contribution in [0.25, 0.3) is 0 Å². The van der Waals surface area contributed by atoms with E-state index in [-0.39, 0.29) is 0 Å². The molecule has 1 aliphatic heterocycles. The molecule has 0 amide bonds. The second-order valence-corrected chi connectivity index (χ2v) is 7.76. The van der Waals surface area contributed by atoms with Crippen molar-refractivity contribution >= 4 is 17.7 Å². The lowest BCUT2D eigenvalue weighted by atomic mass is 9.90. The van der Waals surface area contributed by atoms with Gasteiger partial charge in [-0.3, -0.25) is 0 Å². The van der Waals surface area contributed by atoms with Gasteiger partial charge in [-0.25, -0.2) is 4.79 Å². The van der Waals surface area contributed by atoms with Gasteiger partial charge in [-0.1, -0.05) is 29.5 Å². The topological polar surface area (TPSA) is 58.6 Å². The average molecular weight is 427 g/mol. The van der Waals surface area contributed by atoms with Gasteiger partial charge < -0.3 is 15.2 Å². The average Bonchev–Trinajstić information content (AvgIpc) is 2.70. The minimum Gasteiger partial charge on any atom is -0.497 e. The molecule has 0 saturated carbocycles. The fourth-order valence-electron chi connectivity index (χ4n) is 2.93. The summed E-state index contributed by atoms with van der Waals surface area (Å²) in [5, 5.41) is 10.6. The number of rotatable bonds is 4. The number of hydrogen-bond donors (Lipinski definition) is 2. The minimum absolute atomic E-state index is 0.629. The number of hydrogen-bond acceptors (Lipinski definition) is 4. The zero-order valence-electron chi connectivity index (χ0n) is 16.3. The number of halogens is 3. The van der Waals surface area contributed by atoms with E-state index in [2.05, 4.69) is 54.7 Å². The Morgan fingerprint density at radius 2 is 1.72 bits per heavy atom. The number of nitrogens with one attached hydrogen (secondary N) is 1. The van der Waals surface area contributed by atoms with E-state index in [1.165, 1.54) is 33.8 Å². The number of ether oxygens (including phenoxy) is 1. The SMILES string of the molecule is COc1ccc(Sc2ccc(C)cc2)c(C2CCNCC2)c1.O=C(O)C(F)(F)F. The van der Waals surface area contributed by atoms with Crippen LogP contribution < -0.4 is 10.1 Å². The summed E-state index contributed by atoms with van der Waals surface area (Å²) in [4.78, 5) is 11.6. The van der Waals surface area contributed by atoms with Gasteiger partial charge in [0, 0.05) is 9.79 Å². The number of aryl methyl sites for hydroxylation is 1. The van der Waals surface area contributed by atoms with Crippen molar-refractivity contribution < 1.29 is 27.8 Å². The normalized spacial score (nSPS) is 14.7. The van der Waals surface area contributed by atoms with Crippen LogP contribution >= 0.6 is 11.8 Å².